The maximum absolute atomic E-state index is 10.6. The van der Waals surface area contributed by atoms with E-state index in [2.05, 4.69) is 94.7 Å². The Bertz CT molecular complexity index is 1000. The second-order valence-electron chi connectivity index (χ2n) is 23.3. The molecule has 468 valence electrons. The minimum atomic E-state index is -0.199. The summed E-state index contributed by atoms with van der Waals surface area (Å²) in [6.45, 7) is 20.3. The molecule has 0 saturated carbocycles. The third-order valence-electron chi connectivity index (χ3n) is 15.2. The van der Waals surface area contributed by atoms with Gasteiger partial charge in [-0.15, -0.1) is 35.2 Å². The molecule has 0 fully saturated rings. The summed E-state index contributed by atoms with van der Waals surface area (Å²) in [4.78, 5) is 10.3. The molecule has 0 aromatic heterocycles. The van der Waals surface area contributed by atoms with E-state index in [0.717, 1.165) is 50.9 Å². The number of nitrogens with one attached hydrogen (secondary N) is 1. The topological polar surface area (TPSA) is 116 Å². The maximum atomic E-state index is 10.6. The standard InChI is InChI=1S/C31H64N2O2.C17H34O.C17H36.C3H8NO.K.H2S2/c1-3-5-7-9-11-13-15-16-17-19-21-23-25-30(27-28-32-33-35)29-31(34)26-24-22-20-18-14-12-10-8-6-4-2;1-3-4-5-6-7-8-9-10-11-12-13-14-15-16-17(2)18;1-4-6-8-10-12-14-16-17(3)15-13-11-9-7-5-2;1-2-3-4-5;;1-2/h30-31,34H,3-29H2,1-2H3,(H,32,35);10-11,17-18H,3-9,12-16H2,1-2H3;17H,4-16H2,1-3H3;4-5H,1-3H2;;1-2H/q;;;-1;+1;/p-1/b;11-10+;;;;. The number of hydrogen-bond donors (Lipinski definition) is 6. The van der Waals surface area contributed by atoms with E-state index in [9.17, 15) is 10.0 Å². The van der Waals surface area contributed by atoms with Crippen molar-refractivity contribution in [2.75, 3.05) is 13.1 Å². The second kappa shape index (κ2) is 89.5. The minimum Gasteiger partial charge on any atom is -0.563 e. The molecule has 0 aliphatic rings. The van der Waals surface area contributed by atoms with Gasteiger partial charge < -0.3 is 27.8 Å². The second-order valence-corrected chi connectivity index (χ2v) is 23.3. The van der Waals surface area contributed by atoms with Crippen LogP contribution in [0.4, 0.5) is 0 Å². The molecule has 0 radical (unpaired) electrons. The molecule has 7 nitrogen and oxygen atoms in total. The van der Waals surface area contributed by atoms with Crippen LogP contribution in [0.15, 0.2) is 17.4 Å². The molecule has 0 bridgehead atoms. The van der Waals surface area contributed by atoms with Crippen molar-refractivity contribution in [2.24, 2.45) is 17.1 Å². The van der Waals surface area contributed by atoms with Gasteiger partial charge in [0.1, 0.15) is 0 Å². The van der Waals surface area contributed by atoms with E-state index in [0.29, 0.717) is 19.0 Å². The maximum Gasteiger partial charge on any atom is 1.00 e. The fraction of sp³-hybridized carbons (Fsp3) is 0.956. The van der Waals surface area contributed by atoms with Gasteiger partial charge in [0.2, 0.25) is 0 Å². The zero-order chi connectivity index (χ0) is 58.0. The number of hydroxylamine groups is 1. The Hall–Kier alpha value is 1.32. The van der Waals surface area contributed by atoms with Gasteiger partial charge in [-0.25, -0.2) is 5.48 Å². The van der Waals surface area contributed by atoms with Crippen LogP contribution < -0.4 is 56.9 Å². The number of hydrogen-bond acceptors (Lipinski definition) is 8. The Morgan fingerprint density at radius 2 is 0.744 bits per heavy atom. The predicted molar refractivity (Wildman–Crippen MR) is 355 cm³/mol. The molecule has 4 atom stereocenters. The Labute approximate surface area is 544 Å². The number of nitroso groups, excluding NO2 is 1. The van der Waals surface area contributed by atoms with Crippen LogP contribution in [0.3, 0.4) is 0 Å². The SMILES string of the molecule is CCCCCCCC/C=C/CCCCCC(C)O.CCCCCCCCC(C)CCCCCCC.CCCCCCCCCCCCCCC(CC[N-]N=O)CC(O)CCCCCCCCCCCC.SS.[CH2-]CCNO.[K+]. The first-order valence-electron chi connectivity index (χ1n) is 34.1. The number of nitrogens with zero attached hydrogens (tertiary/aromatic N) is 2. The van der Waals surface area contributed by atoms with Crippen LogP contribution in [0.5, 0.6) is 0 Å². The number of allylic oxidation sites excluding steroid dienone is 2. The van der Waals surface area contributed by atoms with E-state index >= 15 is 0 Å². The molecule has 4 N–H and O–H groups in total. The summed E-state index contributed by atoms with van der Waals surface area (Å²) in [6, 6.07) is 0. The summed E-state index contributed by atoms with van der Waals surface area (Å²) < 4.78 is 0. The molecule has 78 heavy (non-hydrogen) atoms. The molecular formula is C68H143KN3O4S2-. The van der Waals surface area contributed by atoms with Crippen LogP contribution >= 0.6 is 23.3 Å². The van der Waals surface area contributed by atoms with Crippen molar-refractivity contribution in [3.05, 3.63) is 29.4 Å². The summed E-state index contributed by atoms with van der Waals surface area (Å²) in [5.74, 6) is 1.45. The van der Waals surface area contributed by atoms with E-state index in [1.807, 2.05) is 12.4 Å². The van der Waals surface area contributed by atoms with Crippen molar-refractivity contribution in [2.45, 2.75) is 395 Å². The number of rotatable bonds is 58. The first kappa shape index (κ1) is 90.5. The van der Waals surface area contributed by atoms with Gasteiger partial charge in [0.05, 0.1) is 12.2 Å². The molecule has 0 aliphatic carbocycles. The molecule has 10 heteroatoms. The molecule has 0 aromatic rings. The van der Waals surface area contributed by atoms with Crippen molar-refractivity contribution >= 4 is 23.3 Å². The number of aliphatic hydroxyl groups excluding tert-OH is 2. The molecular weight excluding hydrogens is 1030 g/mol. The number of thiol groups is 2. The van der Waals surface area contributed by atoms with Gasteiger partial charge >= 0.3 is 51.4 Å². The number of unbranched alkanes of at least 4 members (excludes halogenated alkanes) is 38. The third-order valence-corrected chi connectivity index (χ3v) is 15.2. The molecule has 4 unspecified atom stereocenters. The van der Waals surface area contributed by atoms with Crippen molar-refractivity contribution < 1.29 is 66.8 Å². The average Bonchev–Trinajstić information content (AvgIpc) is 3.43. The fourth-order valence-electron chi connectivity index (χ4n) is 10.1. The molecule has 0 aliphatic heterocycles. The Morgan fingerprint density at radius 3 is 1.05 bits per heavy atom. The summed E-state index contributed by atoms with van der Waals surface area (Å²) >= 11 is 6.44. The molecule has 0 spiro atoms. The van der Waals surface area contributed by atoms with Crippen molar-refractivity contribution in [3.8, 4) is 0 Å². The van der Waals surface area contributed by atoms with E-state index in [4.69, 9.17) is 10.3 Å². The number of aliphatic hydroxyl groups is 2. The van der Waals surface area contributed by atoms with E-state index in [1.54, 1.807) is 0 Å². The van der Waals surface area contributed by atoms with Gasteiger partial charge in [0.15, 0.2) is 0 Å². The molecule has 0 aromatic carbocycles. The van der Waals surface area contributed by atoms with Crippen molar-refractivity contribution in [3.63, 3.8) is 0 Å². The summed E-state index contributed by atoms with van der Waals surface area (Å²) in [5.41, 5.74) is 5.60. The van der Waals surface area contributed by atoms with Gasteiger partial charge in [0.25, 0.3) is 0 Å². The van der Waals surface area contributed by atoms with Crippen LogP contribution in [0.25, 0.3) is 5.43 Å². The molecule has 0 rings (SSSR count). The molecule has 0 saturated heterocycles. The zero-order valence-corrected chi connectivity index (χ0v) is 59.3. The van der Waals surface area contributed by atoms with Crippen LogP contribution in [-0.2, 0) is 0 Å². The van der Waals surface area contributed by atoms with Crippen molar-refractivity contribution in [1.82, 2.24) is 5.48 Å². The summed E-state index contributed by atoms with van der Waals surface area (Å²) in [7, 11) is 0. The first-order chi connectivity index (χ1) is 37.7. The van der Waals surface area contributed by atoms with Crippen LogP contribution in [-0.4, -0.2) is 40.7 Å². The average molecular weight is 1170 g/mol. The van der Waals surface area contributed by atoms with Crippen LogP contribution in [0.1, 0.15) is 382 Å². The summed E-state index contributed by atoms with van der Waals surface area (Å²) in [5, 5.41) is 30.1. The molecule has 0 amide bonds. The Kier molecular flexibility index (Phi) is 104. The smallest absolute Gasteiger partial charge is 0.563 e. The summed E-state index contributed by atoms with van der Waals surface area (Å²) in [6.07, 6.45) is 73.0. The monoisotopic (exact) mass is 1170 g/mol. The van der Waals surface area contributed by atoms with Crippen molar-refractivity contribution in [1.29, 1.82) is 0 Å². The van der Waals surface area contributed by atoms with E-state index in [1.165, 1.54) is 289 Å². The van der Waals surface area contributed by atoms with E-state index < -0.39 is 0 Å². The largest absolute Gasteiger partial charge is 1.00 e. The van der Waals surface area contributed by atoms with Gasteiger partial charge in [0, 0.05) is 0 Å². The van der Waals surface area contributed by atoms with Gasteiger partial charge in [-0.3, -0.25) is 0 Å². The Morgan fingerprint density at radius 1 is 0.449 bits per heavy atom. The van der Waals surface area contributed by atoms with Crippen LogP contribution in [0.2, 0.25) is 0 Å². The van der Waals surface area contributed by atoms with Crippen LogP contribution in [0, 0.1) is 23.7 Å². The molecule has 0 heterocycles. The Balaban J connectivity index is -0.000000253. The van der Waals surface area contributed by atoms with E-state index in [-0.39, 0.29) is 63.6 Å². The predicted octanol–water partition coefficient (Wildman–Crippen LogP) is 21.5. The van der Waals surface area contributed by atoms with Gasteiger partial charge in [-0.05, 0) is 70.3 Å². The quantitative estimate of drug-likeness (QED) is 0.00530. The third kappa shape index (κ3) is 96.5. The normalized spacial score (nSPS) is 12.4. The first-order valence-corrected chi connectivity index (χ1v) is 35.7. The minimum absolute atomic E-state index is 0. The zero-order valence-electron chi connectivity index (χ0n) is 54.4. The van der Waals surface area contributed by atoms with Gasteiger partial charge in [-0.2, -0.15) is 11.3 Å². The fourth-order valence-corrected chi connectivity index (χ4v) is 10.1. The van der Waals surface area contributed by atoms with Gasteiger partial charge in [-0.1, -0.05) is 336 Å².